The third-order valence-electron chi connectivity index (χ3n) is 2.21. The minimum absolute atomic E-state index is 0.0357. The van der Waals surface area contributed by atoms with Crippen molar-refractivity contribution >= 4 is 11.6 Å². The fraction of sp³-hybridized carbons (Fsp3) is 0.583. The second kappa shape index (κ2) is 5.72. The molecule has 1 aromatic heterocycles. The summed E-state index contributed by atoms with van der Waals surface area (Å²) in [6.07, 6.45) is 3.73. The van der Waals surface area contributed by atoms with Crippen LogP contribution in [0.4, 0.5) is 5.69 Å². The molecule has 94 valence electrons. The first-order valence-corrected chi connectivity index (χ1v) is 5.70. The number of anilines is 1. The van der Waals surface area contributed by atoms with Gasteiger partial charge in [-0.2, -0.15) is 0 Å². The van der Waals surface area contributed by atoms with Crippen molar-refractivity contribution in [2.24, 2.45) is 0 Å². The normalized spacial score (nSPS) is 11.3. The quantitative estimate of drug-likeness (QED) is 0.827. The van der Waals surface area contributed by atoms with E-state index in [4.69, 9.17) is 0 Å². The summed E-state index contributed by atoms with van der Waals surface area (Å²) in [7, 11) is 1.81. The highest BCUT2D eigenvalue weighted by Crippen LogP contribution is 2.18. The zero-order valence-electron chi connectivity index (χ0n) is 10.9. The molecule has 0 bridgehead atoms. The number of rotatable bonds is 4. The van der Waals surface area contributed by atoms with E-state index < -0.39 is 0 Å². The average Bonchev–Trinajstić information content (AvgIpc) is 2.26. The van der Waals surface area contributed by atoms with Crippen molar-refractivity contribution in [1.29, 1.82) is 0 Å². The van der Waals surface area contributed by atoms with Gasteiger partial charge in [0, 0.05) is 18.4 Å². The van der Waals surface area contributed by atoms with Gasteiger partial charge >= 0.3 is 0 Å². The van der Waals surface area contributed by atoms with Crippen molar-refractivity contribution < 1.29 is 4.79 Å². The van der Waals surface area contributed by atoms with Crippen LogP contribution in [-0.2, 0) is 10.2 Å². The monoisotopic (exact) mass is 236 g/mol. The molecule has 0 aliphatic heterocycles. The van der Waals surface area contributed by atoms with Crippen LogP contribution in [-0.4, -0.2) is 29.5 Å². The Morgan fingerprint density at radius 3 is 2.35 bits per heavy atom. The number of hydrogen-bond acceptors (Lipinski definition) is 4. The lowest BCUT2D eigenvalue weighted by Gasteiger charge is -2.16. The maximum Gasteiger partial charge on any atom is 0.225 e. The predicted molar refractivity (Wildman–Crippen MR) is 67.9 cm³/mol. The predicted octanol–water partition coefficient (Wildman–Crippen LogP) is 1.32. The molecule has 2 N–H and O–H groups in total. The molecule has 0 saturated carbocycles. The van der Waals surface area contributed by atoms with Crippen LogP contribution >= 0.6 is 0 Å². The Morgan fingerprint density at radius 2 is 1.88 bits per heavy atom. The molecule has 0 spiro atoms. The van der Waals surface area contributed by atoms with Crippen LogP contribution in [0.15, 0.2) is 12.4 Å². The molecule has 1 heterocycles. The highest BCUT2D eigenvalue weighted by Gasteiger charge is 2.16. The van der Waals surface area contributed by atoms with Gasteiger partial charge in [0.2, 0.25) is 5.91 Å². The van der Waals surface area contributed by atoms with E-state index in [1.165, 1.54) is 0 Å². The number of hydrogen-bond donors (Lipinski definition) is 2. The third kappa shape index (κ3) is 4.48. The Balaban J connectivity index is 2.60. The zero-order valence-corrected chi connectivity index (χ0v) is 10.9. The molecule has 1 amide bonds. The molecule has 17 heavy (non-hydrogen) atoms. The van der Waals surface area contributed by atoms with Crippen LogP contribution in [0.1, 0.15) is 33.0 Å². The molecule has 0 radical (unpaired) electrons. The lowest BCUT2D eigenvalue weighted by atomic mass is 9.96. The largest absolute Gasteiger partial charge is 0.323 e. The van der Waals surface area contributed by atoms with Gasteiger partial charge in [0.05, 0.1) is 18.1 Å². The van der Waals surface area contributed by atoms with Gasteiger partial charge in [-0.3, -0.25) is 4.79 Å². The molecule has 5 nitrogen and oxygen atoms in total. The third-order valence-corrected chi connectivity index (χ3v) is 2.21. The van der Waals surface area contributed by atoms with Gasteiger partial charge in [-0.05, 0) is 7.05 Å². The van der Waals surface area contributed by atoms with Gasteiger partial charge in [-0.1, -0.05) is 20.8 Å². The van der Waals surface area contributed by atoms with E-state index in [9.17, 15) is 4.79 Å². The van der Waals surface area contributed by atoms with E-state index in [-0.39, 0.29) is 11.3 Å². The van der Waals surface area contributed by atoms with Crippen LogP contribution in [0.2, 0.25) is 0 Å². The standard InChI is InChI=1S/C12H20N4O/c1-12(2,3)11-14-7-9(8-15-11)16-10(17)5-6-13-4/h7-8,13H,5-6H2,1-4H3,(H,16,17). The van der Waals surface area contributed by atoms with E-state index in [2.05, 4.69) is 20.6 Å². The molecule has 0 unspecified atom stereocenters. The lowest BCUT2D eigenvalue weighted by Crippen LogP contribution is -2.20. The zero-order chi connectivity index (χ0) is 12.9. The summed E-state index contributed by atoms with van der Waals surface area (Å²) >= 11 is 0. The fourth-order valence-corrected chi connectivity index (χ4v) is 1.24. The maximum absolute atomic E-state index is 11.4. The summed E-state index contributed by atoms with van der Waals surface area (Å²) in [5.41, 5.74) is 0.563. The Labute approximate surface area is 102 Å². The number of nitrogens with zero attached hydrogens (tertiary/aromatic N) is 2. The minimum atomic E-state index is -0.0747. The van der Waals surface area contributed by atoms with E-state index >= 15 is 0 Å². The van der Waals surface area contributed by atoms with Crippen molar-refractivity contribution in [1.82, 2.24) is 15.3 Å². The first kappa shape index (κ1) is 13.6. The second-order valence-electron chi connectivity index (χ2n) is 4.95. The lowest BCUT2D eigenvalue weighted by molar-refractivity contribution is -0.116. The average molecular weight is 236 g/mol. The van der Waals surface area contributed by atoms with Crippen LogP contribution in [0, 0.1) is 0 Å². The summed E-state index contributed by atoms with van der Waals surface area (Å²) in [5.74, 6) is 0.734. The van der Waals surface area contributed by atoms with Crippen LogP contribution < -0.4 is 10.6 Å². The van der Waals surface area contributed by atoms with E-state index in [1.54, 1.807) is 12.4 Å². The van der Waals surface area contributed by atoms with Crippen molar-refractivity contribution in [3.63, 3.8) is 0 Å². The van der Waals surface area contributed by atoms with Gasteiger partial charge in [0.15, 0.2) is 0 Å². The Bertz CT molecular complexity index is 367. The van der Waals surface area contributed by atoms with E-state index in [1.807, 2.05) is 27.8 Å². The summed E-state index contributed by atoms with van der Waals surface area (Å²) in [6, 6.07) is 0. The van der Waals surface area contributed by atoms with Gasteiger partial charge in [-0.25, -0.2) is 9.97 Å². The number of aromatic nitrogens is 2. The molecule has 1 rings (SSSR count). The van der Waals surface area contributed by atoms with Crippen molar-refractivity contribution in [2.45, 2.75) is 32.6 Å². The van der Waals surface area contributed by atoms with Crippen molar-refractivity contribution in [2.75, 3.05) is 18.9 Å². The fourth-order valence-electron chi connectivity index (χ4n) is 1.24. The topological polar surface area (TPSA) is 66.9 Å². The molecule has 5 heteroatoms. The van der Waals surface area contributed by atoms with Gasteiger partial charge in [-0.15, -0.1) is 0 Å². The van der Waals surface area contributed by atoms with Crippen LogP contribution in [0.5, 0.6) is 0 Å². The first-order chi connectivity index (χ1) is 7.93. The van der Waals surface area contributed by atoms with Crippen molar-refractivity contribution in [3.8, 4) is 0 Å². The van der Waals surface area contributed by atoms with E-state index in [0.29, 0.717) is 18.7 Å². The first-order valence-electron chi connectivity index (χ1n) is 5.70. The highest BCUT2D eigenvalue weighted by molar-refractivity contribution is 5.90. The van der Waals surface area contributed by atoms with Crippen LogP contribution in [0.3, 0.4) is 0 Å². The number of carbonyl (C=O) groups is 1. The number of amides is 1. The molecule has 0 saturated heterocycles. The SMILES string of the molecule is CNCCC(=O)Nc1cnc(C(C)(C)C)nc1. The second-order valence-corrected chi connectivity index (χ2v) is 4.95. The summed E-state index contributed by atoms with van der Waals surface area (Å²) in [5, 5.41) is 5.67. The molecule has 0 aliphatic rings. The molecule has 0 aliphatic carbocycles. The Kier molecular flexibility index (Phi) is 4.57. The summed E-state index contributed by atoms with van der Waals surface area (Å²) in [6.45, 7) is 6.81. The molecular weight excluding hydrogens is 216 g/mol. The molecule has 1 aromatic rings. The summed E-state index contributed by atoms with van der Waals surface area (Å²) in [4.78, 5) is 19.9. The van der Waals surface area contributed by atoms with Gasteiger partial charge in [0.1, 0.15) is 5.82 Å². The van der Waals surface area contributed by atoms with Crippen molar-refractivity contribution in [3.05, 3.63) is 18.2 Å². The molecule has 0 fully saturated rings. The van der Waals surface area contributed by atoms with E-state index in [0.717, 1.165) is 5.82 Å². The summed E-state index contributed by atoms with van der Waals surface area (Å²) < 4.78 is 0. The molecule has 0 aromatic carbocycles. The van der Waals surface area contributed by atoms with Gasteiger partial charge in [0.25, 0.3) is 0 Å². The minimum Gasteiger partial charge on any atom is -0.323 e. The molecule has 0 atom stereocenters. The smallest absolute Gasteiger partial charge is 0.225 e. The van der Waals surface area contributed by atoms with Gasteiger partial charge < -0.3 is 10.6 Å². The molecular formula is C12H20N4O. The Morgan fingerprint density at radius 1 is 1.29 bits per heavy atom. The number of nitrogens with one attached hydrogen (secondary N) is 2. The Hall–Kier alpha value is -1.49. The number of carbonyl (C=O) groups excluding carboxylic acids is 1. The maximum atomic E-state index is 11.4. The van der Waals surface area contributed by atoms with Crippen LogP contribution in [0.25, 0.3) is 0 Å². The highest BCUT2D eigenvalue weighted by atomic mass is 16.1.